The average Bonchev–Trinajstić information content (AvgIpc) is 3.28. The van der Waals surface area contributed by atoms with Crippen molar-refractivity contribution >= 4 is 52.0 Å². The SMILES string of the molecule is O=C1NCC2N[C@@]3(C(=O)Nc4cc(Cl)ccc43)[C@@H](c3ccc(Cl)s3)[C@H]12. The van der Waals surface area contributed by atoms with Gasteiger partial charge >= 0.3 is 0 Å². The molecule has 4 atom stereocenters. The summed E-state index contributed by atoms with van der Waals surface area (Å²) in [6, 6.07) is 9.00. The van der Waals surface area contributed by atoms with Crippen molar-refractivity contribution in [2.75, 3.05) is 11.9 Å². The van der Waals surface area contributed by atoms with E-state index in [4.69, 9.17) is 23.2 Å². The molecule has 0 radical (unpaired) electrons. The molecule has 2 fully saturated rings. The van der Waals surface area contributed by atoms with Crippen molar-refractivity contribution in [3.8, 4) is 0 Å². The number of hydrogen-bond donors (Lipinski definition) is 3. The van der Waals surface area contributed by atoms with Crippen LogP contribution < -0.4 is 16.0 Å². The highest BCUT2D eigenvalue weighted by molar-refractivity contribution is 7.16. The van der Waals surface area contributed by atoms with Gasteiger partial charge in [0.2, 0.25) is 11.8 Å². The zero-order valence-corrected chi connectivity index (χ0v) is 15.1. The van der Waals surface area contributed by atoms with Crippen LogP contribution in [0.5, 0.6) is 0 Å². The molecule has 1 unspecified atom stereocenters. The van der Waals surface area contributed by atoms with Crippen LogP contribution in [0, 0.1) is 5.92 Å². The summed E-state index contributed by atoms with van der Waals surface area (Å²) in [5.41, 5.74) is 0.540. The Morgan fingerprint density at radius 1 is 1.16 bits per heavy atom. The number of benzene rings is 1. The lowest BCUT2D eigenvalue weighted by atomic mass is 9.75. The minimum absolute atomic E-state index is 0.0286. The summed E-state index contributed by atoms with van der Waals surface area (Å²) in [5.74, 6) is -0.817. The van der Waals surface area contributed by atoms with Crippen LogP contribution in [0.2, 0.25) is 9.36 Å². The van der Waals surface area contributed by atoms with Crippen molar-refractivity contribution in [3.05, 3.63) is 50.1 Å². The Balaban J connectivity index is 1.75. The van der Waals surface area contributed by atoms with Gasteiger partial charge in [0.25, 0.3) is 0 Å². The predicted octanol–water partition coefficient (Wildman–Crippen LogP) is 2.70. The van der Waals surface area contributed by atoms with Gasteiger partial charge < -0.3 is 10.6 Å². The standard InChI is InChI=1S/C17H13Cl2N3O2S/c18-7-1-2-8-9(5-7)21-16(24)17(8)14(11-3-4-12(19)25-11)13-10(22-17)6-20-15(13)23/h1-5,10,13-14,22H,6H2,(H,20,23)(H,21,24)/t10?,13-,14+,17-/m1/s1. The Kier molecular flexibility index (Phi) is 3.26. The smallest absolute Gasteiger partial charge is 0.250 e. The van der Waals surface area contributed by atoms with Crippen LogP contribution in [0.4, 0.5) is 5.69 Å². The molecule has 3 aliphatic heterocycles. The number of fused-ring (bicyclic) bond motifs is 3. The molecule has 3 N–H and O–H groups in total. The molecule has 1 aromatic heterocycles. The van der Waals surface area contributed by atoms with E-state index in [2.05, 4.69) is 16.0 Å². The highest BCUT2D eigenvalue weighted by atomic mass is 35.5. The van der Waals surface area contributed by atoms with Crippen molar-refractivity contribution in [2.45, 2.75) is 17.5 Å². The van der Waals surface area contributed by atoms with E-state index >= 15 is 0 Å². The zero-order chi connectivity index (χ0) is 17.3. The first-order chi connectivity index (χ1) is 12.0. The van der Waals surface area contributed by atoms with Crippen LogP contribution >= 0.6 is 34.5 Å². The number of nitrogens with one attached hydrogen (secondary N) is 3. The van der Waals surface area contributed by atoms with Gasteiger partial charge in [0.05, 0.1) is 10.3 Å². The predicted molar refractivity (Wildman–Crippen MR) is 97.3 cm³/mol. The Morgan fingerprint density at radius 2 is 2.00 bits per heavy atom. The second kappa shape index (κ2) is 5.20. The molecular formula is C17H13Cl2N3O2S. The summed E-state index contributed by atoms with van der Waals surface area (Å²) in [6.07, 6.45) is 0. The number of anilines is 1. The first-order valence-electron chi connectivity index (χ1n) is 7.93. The minimum Gasteiger partial charge on any atom is -0.354 e. The number of hydrogen-bond acceptors (Lipinski definition) is 4. The molecule has 1 spiro atoms. The Morgan fingerprint density at radius 3 is 2.76 bits per heavy atom. The van der Waals surface area contributed by atoms with Gasteiger partial charge in [-0.05, 0) is 24.3 Å². The van der Waals surface area contributed by atoms with E-state index in [-0.39, 0.29) is 29.7 Å². The summed E-state index contributed by atoms with van der Waals surface area (Å²) >= 11 is 13.7. The van der Waals surface area contributed by atoms with Gasteiger partial charge in [0.15, 0.2) is 0 Å². The van der Waals surface area contributed by atoms with Crippen molar-refractivity contribution in [1.29, 1.82) is 0 Å². The summed E-state index contributed by atoms with van der Waals surface area (Å²) < 4.78 is 0.640. The highest BCUT2D eigenvalue weighted by Crippen LogP contribution is 2.56. The summed E-state index contributed by atoms with van der Waals surface area (Å²) in [5, 5.41) is 9.86. The molecule has 2 aromatic rings. The Labute approximate surface area is 157 Å². The highest BCUT2D eigenvalue weighted by Gasteiger charge is 2.65. The van der Waals surface area contributed by atoms with E-state index in [9.17, 15) is 9.59 Å². The van der Waals surface area contributed by atoms with Crippen molar-refractivity contribution in [3.63, 3.8) is 0 Å². The topological polar surface area (TPSA) is 70.2 Å². The normalized spacial score (nSPS) is 32.6. The molecule has 1 aromatic carbocycles. The molecule has 0 bridgehead atoms. The summed E-state index contributed by atoms with van der Waals surface area (Å²) in [7, 11) is 0. The summed E-state index contributed by atoms with van der Waals surface area (Å²) in [6.45, 7) is 0.511. The first-order valence-corrected chi connectivity index (χ1v) is 9.50. The van der Waals surface area contributed by atoms with Gasteiger partial charge in [-0.2, -0.15) is 0 Å². The van der Waals surface area contributed by atoms with Gasteiger partial charge in [-0.25, -0.2) is 0 Å². The molecule has 2 saturated heterocycles. The molecule has 8 heteroatoms. The maximum Gasteiger partial charge on any atom is 0.250 e. The quantitative estimate of drug-likeness (QED) is 0.697. The fourth-order valence-electron chi connectivity index (χ4n) is 4.46. The first kappa shape index (κ1) is 15.6. The molecule has 0 aliphatic carbocycles. The van der Waals surface area contributed by atoms with Crippen LogP contribution in [0.25, 0.3) is 0 Å². The lowest BCUT2D eigenvalue weighted by Gasteiger charge is -2.31. The second-order valence-electron chi connectivity index (χ2n) is 6.59. The van der Waals surface area contributed by atoms with Crippen LogP contribution in [-0.4, -0.2) is 24.4 Å². The van der Waals surface area contributed by atoms with Crippen molar-refractivity contribution in [1.82, 2.24) is 10.6 Å². The number of halogens is 2. The van der Waals surface area contributed by atoms with E-state index in [1.807, 2.05) is 18.2 Å². The molecule has 4 heterocycles. The second-order valence-corrected chi connectivity index (χ2v) is 8.78. The van der Waals surface area contributed by atoms with E-state index in [1.54, 1.807) is 12.1 Å². The minimum atomic E-state index is -0.985. The lowest BCUT2D eigenvalue weighted by Crippen LogP contribution is -2.50. The average molecular weight is 394 g/mol. The maximum atomic E-state index is 13.1. The molecule has 25 heavy (non-hydrogen) atoms. The molecule has 5 rings (SSSR count). The fourth-order valence-corrected chi connectivity index (χ4v) is 5.91. The molecule has 2 amide bonds. The van der Waals surface area contributed by atoms with Gasteiger partial charge in [0.1, 0.15) is 5.54 Å². The van der Waals surface area contributed by atoms with E-state index in [1.165, 1.54) is 11.3 Å². The number of thiophene rings is 1. The van der Waals surface area contributed by atoms with E-state index in [0.717, 1.165) is 10.4 Å². The largest absolute Gasteiger partial charge is 0.354 e. The van der Waals surface area contributed by atoms with Crippen LogP contribution in [0.1, 0.15) is 16.4 Å². The molecule has 5 nitrogen and oxygen atoms in total. The van der Waals surface area contributed by atoms with Gasteiger partial charge in [-0.3, -0.25) is 14.9 Å². The van der Waals surface area contributed by atoms with Gasteiger partial charge in [-0.1, -0.05) is 29.3 Å². The molecule has 128 valence electrons. The van der Waals surface area contributed by atoms with Gasteiger partial charge in [-0.15, -0.1) is 11.3 Å². The third kappa shape index (κ3) is 1.99. The zero-order valence-electron chi connectivity index (χ0n) is 12.8. The van der Waals surface area contributed by atoms with Crippen molar-refractivity contribution < 1.29 is 9.59 Å². The third-order valence-electron chi connectivity index (χ3n) is 5.38. The fraction of sp³-hybridized carbons (Fsp3) is 0.294. The number of carbonyl (C=O) groups is 2. The summed E-state index contributed by atoms with van der Waals surface area (Å²) in [4.78, 5) is 26.6. The maximum absolute atomic E-state index is 13.1. The third-order valence-corrected chi connectivity index (χ3v) is 6.93. The molecular weight excluding hydrogens is 381 g/mol. The Bertz CT molecular complexity index is 930. The number of amides is 2. The van der Waals surface area contributed by atoms with Crippen molar-refractivity contribution in [2.24, 2.45) is 5.92 Å². The van der Waals surface area contributed by atoms with Crippen LogP contribution in [0.3, 0.4) is 0 Å². The molecule has 0 saturated carbocycles. The Hall–Kier alpha value is -1.60. The van der Waals surface area contributed by atoms with E-state index in [0.29, 0.717) is 21.6 Å². The number of rotatable bonds is 1. The van der Waals surface area contributed by atoms with Gasteiger partial charge in [0, 0.05) is 39.7 Å². The monoisotopic (exact) mass is 393 g/mol. The van der Waals surface area contributed by atoms with Crippen LogP contribution in [0.15, 0.2) is 30.3 Å². The molecule has 3 aliphatic rings. The van der Waals surface area contributed by atoms with Crippen LogP contribution in [-0.2, 0) is 15.1 Å². The van der Waals surface area contributed by atoms with E-state index < -0.39 is 5.54 Å². The number of carbonyl (C=O) groups excluding carboxylic acids is 2. The lowest BCUT2D eigenvalue weighted by molar-refractivity contribution is -0.124.